The first kappa shape index (κ1) is 23.7. The minimum absolute atomic E-state index is 0.0899. The topological polar surface area (TPSA) is 52.6 Å². The smallest absolute Gasteiger partial charge is 0.333 e. The number of unbranched alkanes of at least 4 members (excludes halogenated alkanes) is 12. The lowest BCUT2D eigenvalue weighted by molar-refractivity contribution is -0.141. The molecule has 0 aromatic heterocycles. The molecular weight excluding hydrogens is 316 g/mol. The van der Waals surface area contributed by atoms with Gasteiger partial charge in [-0.1, -0.05) is 77.2 Å². The molecule has 0 aliphatic carbocycles. The Hall–Kier alpha value is -1.32. The van der Waals surface area contributed by atoms with Crippen molar-refractivity contribution in [3.63, 3.8) is 0 Å². The molecule has 0 aromatic carbocycles. The number of esters is 2. The van der Waals surface area contributed by atoms with Crippen molar-refractivity contribution in [2.24, 2.45) is 0 Å². The summed E-state index contributed by atoms with van der Waals surface area (Å²) in [5, 5.41) is 0. The molecule has 4 nitrogen and oxygen atoms in total. The van der Waals surface area contributed by atoms with Gasteiger partial charge < -0.3 is 9.47 Å². The molecule has 0 unspecified atom stereocenters. The summed E-state index contributed by atoms with van der Waals surface area (Å²) in [6, 6.07) is 0. The molecule has 0 radical (unpaired) electrons. The standard InChI is InChI=1S/C21H38O4/c1-19(2)21(23)25-18-16-14-12-10-8-6-4-5-7-9-11-13-15-17-20(22)24-3/h1,4-18H2,2-3H3. The molecule has 0 saturated carbocycles. The number of hydrogen-bond acceptors (Lipinski definition) is 4. The second-order valence-corrected chi connectivity index (χ2v) is 6.84. The van der Waals surface area contributed by atoms with E-state index >= 15 is 0 Å². The lowest BCUT2D eigenvalue weighted by atomic mass is 10.0. The third-order valence-electron chi connectivity index (χ3n) is 4.33. The average Bonchev–Trinajstić information content (AvgIpc) is 2.60. The fourth-order valence-corrected chi connectivity index (χ4v) is 2.71. The van der Waals surface area contributed by atoms with E-state index in [1.807, 2.05) is 0 Å². The van der Waals surface area contributed by atoms with Crippen LogP contribution in [0.5, 0.6) is 0 Å². The minimum atomic E-state index is -0.275. The van der Waals surface area contributed by atoms with E-state index in [9.17, 15) is 9.59 Å². The molecule has 0 N–H and O–H groups in total. The van der Waals surface area contributed by atoms with Crippen LogP contribution in [0.2, 0.25) is 0 Å². The maximum Gasteiger partial charge on any atom is 0.333 e. The summed E-state index contributed by atoms with van der Waals surface area (Å²) in [4.78, 5) is 22.1. The van der Waals surface area contributed by atoms with Crippen LogP contribution in [0.1, 0.15) is 96.8 Å². The van der Waals surface area contributed by atoms with Crippen molar-refractivity contribution in [2.45, 2.75) is 96.8 Å². The average molecular weight is 355 g/mol. The maximum absolute atomic E-state index is 11.2. The molecule has 0 fully saturated rings. The normalized spacial score (nSPS) is 10.5. The zero-order valence-corrected chi connectivity index (χ0v) is 16.4. The second-order valence-electron chi connectivity index (χ2n) is 6.84. The van der Waals surface area contributed by atoms with Crippen molar-refractivity contribution in [3.8, 4) is 0 Å². The van der Waals surface area contributed by atoms with Crippen LogP contribution < -0.4 is 0 Å². The third kappa shape index (κ3) is 17.3. The molecular formula is C21H38O4. The second kappa shape index (κ2) is 17.5. The Morgan fingerprint density at radius 3 is 1.52 bits per heavy atom. The van der Waals surface area contributed by atoms with Gasteiger partial charge in [0.15, 0.2) is 0 Å². The van der Waals surface area contributed by atoms with Crippen molar-refractivity contribution in [1.82, 2.24) is 0 Å². The number of carbonyl (C=O) groups is 2. The number of carbonyl (C=O) groups excluding carboxylic acids is 2. The molecule has 4 heteroatoms. The van der Waals surface area contributed by atoms with Gasteiger partial charge in [0.2, 0.25) is 0 Å². The zero-order chi connectivity index (χ0) is 18.8. The summed E-state index contributed by atoms with van der Waals surface area (Å²) in [6.45, 7) is 5.75. The molecule has 0 spiro atoms. The van der Waals surface area contributed by atoms with Gasteiger partial charge in [0.25, 0.3) is 0 Å². The highest BCUT2D eigenvalue weighted by atomic mass is 16.5. The SMILES string of the molecule is C=C(C)C(=O)OCCCCCCCCCCCCCCCC(=O)OC. The largest absolute Gasteiger partial charge is 0.469 e. The van der Waals surface area contributed by atoms with Crippen molar-refractivity contribution >= 4 is 11.9 Å². The fourth-order valence-electron chi connectivity index (χ4n) is 2.71. The van der Waals surface area contributed by atoms with E-state index in [1.165, 1.54) is 64.9 Å². The number of rotatable bonds is 17. The first-order chi connectivity index (χ1) is 12.1. The maximum atomic E-state index is 11.2. The Morgan fingerprint density at radius 2 is 1.12 bits per heavy atom. The first-order valence-electron chi connectivity index (χ1n) is 9.97. The summed E-state index contributed by atoms with van der Waals surface area (Å²) < 4.78 is 9.69. The number of methoxy groups -OCH3 is 1. The molecule has 0 aliphatic heterocycles. The van der Waals surface area contributed by atoms with Crippen LogP contribution in [0.4, 0.5) is 0 Å². The molecule has 0 saturated heterocycles. The van der Waals surface area contributed by atoms with E-state index in [-0.39, 0.29) is 11.9 Å². The highest BCUT2D eigenvalue weighted by molar-refractivity contribution is 5.86. The summed E-state index contributed by atoms with van der Waals surface area (Å²) in [6.07, 6.45) is 16.4. The Kier molecular flexibility index (Phi) is 16.6. The van der Waals surface area contributed by atoms with E-state index in [1.54, 1.807) is 6.92 Å². The zero-order valence-electron chi connectivity index (χ0n) is 16.4. The van der Waals surface area contributed by atoms with Gasteiger partial charge in [-0.15, -0.1) is 0 Å². The summed E-state index contributed by atoms with van der Waals surface area (Å²) in [5.74, 6) is -0.364. The quantitative estimate of drug-likeness (QED) is 0.190. The highest BCUT2D eigenvalue weighted by Crippen LogP contribution is 2.13. The van der Waals surface area contributed by atoms with Gasteiger partial charge in [-0.25, -0.2) is 4.79 Å². The van der Waals surface area contributed by atoms with Crippen LogP contribution >= 0.6 is 0 Å². The molecule has 0 rings (SSSR count). The van der Waals surface area contributed by atoms with Crippen LogP contribution in [0, 0.1) is 0 Å². The van der Waals surface area contributed by atoms with E-state index in [0.717, 1.165) is 25.7 Å². The van der Waals surface area contributed by atoms with E-state index in [0.29, 0.717) is 18.6 Å². The van der Waals surface area contributed by atoms with Gasteiger partial charge in [0.05, 0.1) is 13.7 Å². The van der Waals surface area contributed by atoms with Crippen LogP contribution in [-0.4, -0.2) is 25.7 Å². The van der Waals surface area contributed by atoms with Crippen LogP contribution in [-0.2, 0) is 19.1 Å². The highest BCUT2D eigenvalue weighted by Gasteiger charge is 2.02. The summed E-state index contributed by atoms with van der Waals surface area (Å²) in [7, 11) is 1.45. The van der Waals surface area contributed by atoms with E-state index in [2.05, 4.69) is 11.3 Å². The Balaban J connectivity index is 3.11. The van der Waals surface area contributed by atoms with Gasteiger partial charge in [-0.05, 0) is 19.8 Å². The molecule has 0 aromatic rings. The lowest BCUT2D eigenvalue weighted by Gasteiger charge is -2.05. The van der Waals surface area contributed by atoms with Crippen molar-refractivity contribution in [1.29, 1.82) is 0 Å². The van der Waals surface area contributed by atoms with E-state index in [4.69, 9.17) is 4.74 Å². The Labute approximate surface area is 154 Å². The van der Waals surface area contributed by atoms with Crippen LogP contribution in [0.15, 0.2) is 12.2 Å². The molecule has 0 aliphatic rings. The van der Waals surface area contributed by atoms with Gasteiger partial charge in [0.1, 0.15) is 0 Å². The van der Waals surface area contributed by atoms with Crippen LogP contribution in [0.25, 0.3) is 0 Å². The molecule has 0 atom stereocenters. The number of ether oxygens (including phenoxy) is 2. The van der Waals surface area contributed by atoms with Gasteiger partial charge >= 0.3 is 11.9 Å². The fraction of sp³-hybridized carbons (Fsp3) is 0.810. The number of hydrogen-bond donors (Lipinski definition) is 0. The predicted octanol–water partition coefficient (Wildman–Crippen LogP) is 5.74. The molecule has 25 heavy (non-hydrogen) atoms. The molecule has 0 amide bonds. The minimum Gasteiger partial charge on any atom is -0.469 e. The van der Waals surface area contributed by atoms with Gasteiger partial charge in [-0.3, -0.25) is 4.79 Å². The summed E-state index contributed by atoms with van der Waals surface area (Å²) in [5.41, 5.74) is 0.473. The predicted molar refractivity (Wildman–Crippen MR) is 102 cm³/mol. The Morgan fingerprint density at radius 1 is 0.720 bits per heavy atom. The first-order valence-corrected chi connectivity index (χ1v) is 9.97. The van der Waals surface area contributed by atoms with Gasteiger partial charge in [0, 0.05) is 12.0 Å². The Bertz CT molecular complexity index is 363. The van der Waals surface area contributed by atoms with Crippen molar-refractivity contribution in [3.05, 3.63) is 12.2 Å². The molecule has 0 bridgehead atoms. The van der Waals surface area contributed by atoms with E-state index < -0.39 is 0 Å². The molecule has 0 heterocycles. The summed E-state index contributed by atoms with van der Waals surface area (Å²) >= 11 is 0. The molecule has 146 valence electrons. The van der Waals surface area contributed by atoms with Crippen LogP contribution in [0.3, 0.4) is 0 Å². The van der Waals surface area contributed by atoms with Gasteiger partial charge in [-0.2, -0.15) is 0 Å². The van der Waals surface area contributed by atoms with Crippen molar-refractivity contribution < 1.29 is 19.1 Å². The monoisotopic (exact) mass is 354 g/mol. The third-order valence-corrected chi connectivity index (χ3v) is 4.33. The lowest BCUT2D eigenvalue weighted by Crippen LogP contribution is -2.05. The van der Waals surface area contributed by atoms with Crippen molar-refractivity contribution in [2.75, 3.05) is 13.7 Å².